The van der Waals surface area contributed by atoms with Gasteiger partial charge in [0, 0.05) is 56.3 Å². The van der Waals surface area contributed by atoms with Crippen molar-refractivity contribution in [1.29, 1.82) is 0 Å². The fraction of sp³-hybridized carbons (Fsp3) is 0.227. The molecule has 5 rings (SSSR count). The first kappa shape index (κ1) is 18.1. The molecule has 29 heavy (non-hydrogen) atoms. The summed E-state index contributed by atoms with van der Waals surface area (Å²) < 4.78 is 4.38. The molecule has 1 aromatic carbocycles. The number of hydrogen-bond acceptors (Lipinski definition) is 4. The van der Waals surface area contributed by atoms with Crippen molar-refractivity contribution in [2.75, 3.05) is 13.1 Å². The van der Waals surface area contributed by atoms with Crippen molar-refractivity contribution < 1.29 is 0 Å². The van der Waals surface area contributed by atoms with Gasteiger partial charge < -0.3 is 9.13 Å². The van der Waals surface area contributed by atoms with Gasteiger partial charge >= 0.3 is 0 Å². The lowest BCUT2D eigenvalue weighted by Gasteiger charge is -2.20. The first-order valence-corrected chi connectivity index (χ1v) is 10.1. The van der Waals surface area contributed by atoms with Crippen LogP contribution in [0.2, 0.25) is 5.02 Å². The number of benzene rings is 1. The van der Waals surface area contributed by atoms with Gasteiger partial charge in [-0.3, -0.25) is 4.90 Å². The predicted octanol–water partition coefficient (Wildman–Crippen LogP) is 3.84. The van der Waals surface area contributed by atoms with Crippen LogP contribution < -0.4 is 0 Å². The van der Waals surface area contributed by atoms with Gasteiger partial charge in [0.05, 0.1) is 5.02 Å². The molecular weight excluding hydrogens is 384 g/mol. The second-order valence-electron chi connectivity index (χ2n) is 7.19. The molecule has 0 spiro atoms. The van der Waals surface area contributed by atoms with Gasteiger partial charge in [-0.2, -0.15) is 0 Å². The Kier molecular flexibility index (Phi) is 4.87. The highest BCUT2D eigenvalue weighted by Crippen LogP contribution is 2.21. The average Bonchev–Trinajstić information content (AvgIpc) is 3.33. The lowest BCUT2D eigenvalue weighted by atomic mass is 10.2. The first-order valence-electron chi connectivity index (χ1n) is 9.76. The van der Waals surface area contributed by atoms with E-state index in [0.29, 0.717) is 5.02 Å². The molecular formula is C22H21ClN6. The van der Waals surface area contributed by atoms with Gasteiger partial charge in [0.1, 0.15) is 11.6 Å². The van der Waals surface area contributed by atoms with E-state index < -0.39 is 0 Å². The minimum Gasteiger partial charge on any atom is -0.310 e. The fourth-order valence-corrected chi connectivity index (χ4v) is 3.95. The van der Waals surface area contributed by atoms with Crippen LogP contribution in [0.4, 0.5) is 0 Å². The Morgan fingerprint density at radius 3 is 2.62 bits per heavy atom. The van der Waals surface area contributed by atoms with E-state index in [1.165, 1.54) is 5.69 Å². The van der Waals surface area contributed by atoms with Gasteiger partial charge in [-0.25, -0.2) is 4.98 Å². The zero-order valence-electron chi connectivity index (χ0n) is 15.9. The zero-order valence-corrected chi connectivity index (χ0v) is 16.7. The minimum atomic E-state index is 0.646. The first-order chi connectivity index (χ1) is 14.3. The van der Waals surface area contributed by atoms with Crippen LogP contribution in [0, 0.1) is 0 Å². The number of aromatic nitrogens is 5. The summed E-state index contributed by atoms with van der Waals surface area (Å²) >= 11 is 5.98. The molecule has 0 radical (unpaired) electrons. The van der Waals surface area contributed by atoms with E-state index in [4.69, 9.17) is 11.6 Å². The molecule has 0 bridgehead atoms. The summed E-state index contributed by atoms with van der Waals surface area (Å²) in [6, 6.07) is 18.3. The molecule has 0 atom stereocenters. The smallest absolute Gasteiger partial charge is 0.164 e. The number of halogens is 1. The van der Waals surface area contributed by atoms with Gasteiger partial charge in [-0.15, -0.1) is 10.2 Å². The number of rotatable bonds is 4. The summed E-state index contributed by atoms with van der Waals surface area (Å²) in [5, 5.41) is 9.54. The molecule has 146 valence electrons. The molecule has 0 saturated heterocycles. The second-order valence-corrected chi connectivity index (χ2v) is 7.62. The molecule has 0 aliphatic carbocycles. The summed E-state index contributed by atoms with van der Waals surface area (Å²) in [5.74, 6) is 2.89. The van der Waals surface area contributed by atoms with Crippen LogP contribution in [-0.4, -0.2) is 42.3 Å². The van der Waals surface area contributed by atoms with E-state index >= 15 is 0 Å². The Morgan fingerprint density at radius 2 is 1.79 bits per heavy atom. The quantitative estimate of drug-likeness (QED) is 0.518. The standard InChI is InChI=1S/C22H21ClN6/c23-18-8-9-20(24-15-18)28-11-4-7-19(28)16-27-12-10-21-25-26-22(29(21)14-13-27)17-5-2-1-3-6-17/h1-9,11,15H,10,12-14,16H2. The Bertz CT molecular complexity index is 1100. The molecule has 1 aliphatic rings. The second kappa shape index (κ2) is 7.81. The molecule has 4 heterocycles. The molecule has 6 nitrogen and oxygen atoms in total. The predicted molar refractivity (Wildman–Crippen MR) is 113 cm³/mol. The lowest BCUT2D eigenvalue weighted by Crippen LogP contribution is -2.27. The highest BCUT2D eigenvalue weighted by atomic mass is 35.5. The van der Waals surface area contributed by atoms with Crippen LogP contribution in [0.5, 0.6) is 0 Å². The van der Waals surface area contributed by atoms with Gasteiger partial charge in [0.2, 0.25) is 0 Å². The number of hydrogen-bond donors (Lipinski definition) is 0. The lowest BCUT2D eigenvalue weighted by molar-refractivity contribution is 0.267. The van der Waals surface area contributed by atoms with Gasteiger partial charge in [0.15, 0.2) is 5.82 Å². The summed E-state index contributed by atoms with van der Waals surface area (Å²) in [6.45, 7) is 3.64. The van der Waals surface area contributed by atoms with Crippen LogP contribution >= 0.6 is 11.6 Å². The third-order valence-corrected chi connectivity index (χ3v) is 5.55. The maximum absolute atomic E-state index is 5.98. The Labute approximate surface area is 174 Å². The van der Waals surface area contributed by atoms with Crippen LogP contribution in [0.15, 0.2) is 67.0 Å². The molecule has 0 amide bonds. The topological polar surface area (TPSA) is 51.8 Å². The number of pyridine rings is 1. The minimum absolute atomic E-state index is 0.646. The van der Waals surface area contributed by atoms with Crippen molar-refractivity contribution in [3.05, 3.63) is 83.5 Å². The van der Waals surface area contributed by atoms with Gasteiger partial charge in [0.25, 0.3) is 0 Å². The third-order valence-electron chi connectivity index (χ3n) is 5.33. The molecule has 7 heteroatoms. The number of nitrogens with zero attached hydrogens (tertiary/aromatic N) is 6. The molecule has 0 unspecified atom stereocenters. The summed E-state index contributed by atoms with van der Waals surface area (Å²) in [6.07, 6.45) is 4.62. The van der Waals surface area contributed by atoms with Crippen molar-refractivity contribution in [3.8, 4) is 17.2 Å². The zero-order chi connectivity index (χ0) is 19.6. The van der Waals surface area contributed by atoms with E-state index in [9.17, 15) is 0 Å². The molecule has 0 saturated carbocycles. The maximum Gasteiger partial charge on any atom is 0.164 e. The SMILES string of the molecule is Clc1ccc(-n2cccc2CN2CCc3nnc(-c4ccccc4)n3CC2)nc1. The summed E-state index contributed by atoms with van der Waals surface area (Å²) in [4.78, 5) is 6.92. The van der Waals surface area contributed by atoms with E-state index in [0.717, 1.165) is 55.6 Å². The summed E-state index contributed by atoms with van der Waals surface area (Å²) in [5.41, 5.74) is 2.32. The summed E-state index contributed by atoms with van der Waals surface area (Å²) in [7, 11) is 0. The van der Waals surface area contributed by atoms with Crippen LogP contribution in [0.3, 0.4) is 0 Å². The largest absolute Gasteiger partial charge is 0.310 e. The van der Waals surface area contributed by atoms with Crippen molar-refractivity contribution in [2.45, 2.75) is 19.5 Å². The Morgan fingerprint density at radius 1 is 0.897 bits per heavy atom. The van der Waals surface area contributed by atoms with Crippen molar-refractivity contribution >= 4 is 11.6 Å². The number of fused-ring (bicyclic) bond motifs is 1. The molecule has 1 aliphatic heterocycles. The third kappa shape index (κ3) is 3.69. The van der Waals surface area contributed by atoms with E-state index in [2.05, 4.69) is 53.5 Å². The highest BCUT2D eigenvalue weighted by molar-refractivity contribution is 6.30. The fourth-order valence-electron chi connectivity index (χ4n) is 3.83. The van der Waals surface area contributed by atoms with Crippen LogP contribution in [0.25, 0.3) is 17.2 Å². The molecule has 3 aromatic heterocycles. The van der Waals surface area contributed by atoms with Crippen molar-refractivity contribution in [2.24, 2.45) is 0 Å². The van der Waals surface area contributed by atoms with Gasteiger partial charge in [-0.1, -0.05) is 41.9 Å². The Balaban J connectivity index is 1.33. The molecule has 0 fully saturated rings. The Hall–Kier alpha value is -2.96. The normalized spacial score (nSPS) is 14.5. The van der Waals surface area contributed by atoms with Crippen LogP contribution in [-0.2, 0) is 19.5 Å². The average molecular weight is 405 g/mol. The maximum atomic E-state index is 5.98. The van der Waals surface area contributed by atoms with Gasteiger partial charge in [-0.05, 0) is 24.3 Å². The molecule has 4 aromatic rings. The highest BCUT2D eigenvalue weighted by Gasteiger charge is 2.20. The van der Waals surface area contributed by atoms with E-state index in [1.54, 1.807) is 6.20 Å². The van der Waals surface area contributed by atoms with Crippen LogP contribution in [0.1, 0.15) is 11.5 Å². The van der Waals surface area contributed by atoms with Crippen molar-refractivity contribution in [1.82, 2.24) is 29.2 Å². The van der Waals surface area contributed by atoms with E-state index in [-0.39, 0.29) is 0 Å². The van der Waals surface area contributed by atoms with E-state index in [1.807, 2.05) is 36.5 Å². The van der Waals surface area contributed by atoms with Crippen molar-refractivity contribution in [3.63, 3.8) is 0 Å². The molecule has 0 N–H and O–H groups in total. The monoisotopic (exact) mass is 404 g/mol.